The third kappa shape index (κ3) is 5.13. The molecule has 2 aliphatic heterocycles. The molecule has 36 heavy (non-hydrogen) atoms. The van der Waals surface area contributed by atoms with Crippen molar-refractivity contribution in [3.05, 3.63) is 17.7 Å². The fourth-order valence-corrected chi connectivity index (χ4v) is 5.81. The third-order valence-electron chi connectivity index (χ3n) is 5.96. The first-order chi connectivity index (χ1) is 17.0. The van der Waals surface area contributed by atoms with E-state index in [0.29, 0.717) is 31.6 Å². The van der Waals surface area contributed by atoms with Crippen molar-refractivity contribution < 1.29 is 28.2 Å². The van der Waals surface area contributed by atoms with E-state index in [1.165, 1.54) is 6.07 Å². The van der Waals surface area contributed by atoms with Crippen LogP contribution in [0.15, 0.2) is 22.0 Å². The summed E-state index contributed by atoms with van der Waals surface area (Å²) in [6, 6.07) is 4.15. The molecule has 1 aromatic rings. The maximum absolute atomic E-state index is 13.2. The largest absolute Gasteiger partial charge is 0.447 e. The van der Waals surface area contributed by atoms with Gasteiger partial charge in [-0.15, -0.1) is 0 Å². The highest BCUT2D eigenvalue weighted by atomic mass is 32.2. The zero-order valence-corrected chi connectivity index (χ0v) is 20.3. The number of alkyl halides is 2. The van der Waals surface area contributed by atoms with E-state index in [0.717, 1.165) is 12.3 Å². The Morgan fingerprint density at radius 1 is 1.44 bits per heavy atom. The van der Waals surface area contributed by atoms with Crippen LogP contribution in [0.4, 0.5) is 25.0 Å². The van der Waals surface area contributed by atoms with Crippen LogP contribution in [-0.2, 0) is 14.8 Å². The van der Waals surface area contributed by atoms with Gasteiger partial charge in [-0.1, -0.05) is 0 Å². The highest BCUT2D eigenvalue weighted by Crippen LogP contribution is 2.38. The minimum Gasteiger partial charge on any atom is -0.447 e. The van der Waals surface area contributed by atoms with Crippen molar-refractivity contribution in [1.29, 1.82) is 16.1 Å². The van der Waals surface area contributed by atoms with Gasteiger partial charge in [0, 0.05) is 38.5 Å². The van der Waals surface area contributed by atoms with Crippen molar-refractivity contribution >= 4 is 55.7 Å². The number of amidine groups is 1. The molecule has 194 valence electrons. The summed E-state index contributed by atoms with van der Waals surface area (Å²) in [5.41, 5.74) is 4.94. The number of cyclic esters (lactones) is 1. The van der Waals surface area contributed by atoms with Gasteiger partial charge in [0.25, 0.3) is 6.43 Å². The molecule has 1 saturated carbocycles. The lowest BCUT2D eigenvalue weighted by atomic mass is 10.1. The van der Waals surface area contributed by atoms with E-state index >= 15 is 0 Å². The van der Waals surface area contributed by atoms with Gasteiger partial charge < -0.3 is 20.8 Å². The zero-order valence-electron chi connectivity index (χ0n) is 18.7. The normalized spacial score (nSPS) is 21.1. The number of nitrogens with one attached hydrogen (secondary N) is 3. The molecule has 2 saturated heterocycles. The van der Waals surface area contributed by atoms with Crippen molar-refractivity contribution in [2.45, 2.75) is 35.7 Å². The Balaban J connectivity index is 0.00000380. The van der Waals surface area contributed by atoms with Gasteiger partial charge in [-0.3, -0.25) is 10.3 Å². The highest BCUT2D eigenvalue weighted by Gasteiger charge is 2.47. The van der Waals surface area contributed by atoms with Gasteiger partial charge in [-0.2, -0.15) is 9.98 Å². The lowest BCUT2D eigenvalue weighted by Crippen LogP contribution is -2.52. The molecule has 3 fully saturated rings. The number of thioether (sulfide) groups is 1. The zero-order chi connectivity index (χ0) is 26.3. The van der Waals surface area contributed by atoms with Crippen molar-refractivity contribution in [2.75, 3.05) is 31.1 Å². The van der Waals surface area contributed by atoms with E-state index in [2.05, 4.69) is 9.71 Å². The van der Waals surface area contributed by atoms with Gasteiger partial charge in [-0.05, 0) is 36.7 Å². The summed E-state index contributed by atoms with van der Waals surface area (Å²) in [4.78, 5) is 19.0. The highest BCUT2D eigenvalue weighted by molar-refractivity contribution is 8.26. The van der Waals surface area contributed by atoms with Crippen molar-refractivity contribution in [3.63, 3.8) is 0 Å². The van der Waals surface area contributed by atoms with Crippen LogP contribution in [-0.4, -0.2) is 80.1 Å². The van der Waals surface area contributed by atoms with Crippen molar-refractivity contribution in [1.82, 2.24) is 9.62 Å². The van der Waals surface area contributed by atoms with Gasteiger partial charge in [0.2, 0.25) is 10.0 Å². The van der Waals surface area contributed by atoms with E-state index in [-0.39, 0.29) is 48.5 Å². The summed E-state index contributed by atoms with van der Waals surface area (Å²) < 4.78 is 59.4. The molecule has 1 atom stereocenters. The predicted molar refractivity (Wildman–Crippen MR) is 131 cm³/mol. The molecule has 5 N–H and O–H groups in total. The fraction of sp³-hybridized carbons (Fsp3) is 0.450. The number of ether oxygens (including phenoxy) is 1. The quantitative estimate of drug-likeness (QED) is 0.296. The van der Waals surface area contributed by atoms with E-state index in [1.54, 1.807) is 9.80 Å². The summed E-state index contributed by atoms with van der Waals surface area (Å²) in [5, 5.41) is 23.1. The van der Waals surface area contributed by atoms with Crippen molar-refractivity contribution in [3.8, 4) is 6.07 Å². The number of hydrogen-bond acceptors (Lipinski definition) is 10. The third-order valence-corrected chi connectivity index (χ3v) is 8.17. The average Bonchev–Trinajstić information content (AvgIpc) is 3.50. The molecule has 2 heterocycles. The maximum Gasteiger partial charge on any atom is 0.410 e. The Bertz CT molecular complexity index is 1300. The Labute approximate surface area is 211 Å². The molecule has 16 heteroatoms. The summed E-state index contributed by atoms with van der Waals surface area (Å²) in [6.45, 7) is 1.05. The number of piperazine rings is 1. The standard InChI is InChI=1S/C20H22F2N8O4S2.H2/c21-16(22)17(25)35-18(26)27-14-5-12(36(32,33)28-20(10-24)1-2-20)6-15(13(14)7-23)29-3-4-30-11(8-29)9-34-19(30)31;/h5-7,11,16,23,25,28H,1-4,8-9H2,(H2,26,27);1H/t11-;/m1./s1. The summed E-state index contributed by atoms with van der Waals surface area (Å²) >= 11 is 0.216. The number of sulfonamides is 1. The minimum absolute atomic E-state index is 0. The molecule has 0 bridgehead atoms. The first kappa shape index (κ1) is 25.8. The molecule has 1 aliphatic carbocycles. The summed E-state index contributed by atoms with van der Waals surface area (Å²) in [7, 11) is -4.22. The maximum atomic E-state index is 13.2. The molecule has 1 amide bonds. The van der Waals surface area contributed by atoms with E-state index in [4.69, 9.17) is 21.3 Å². The van der Waals surface area contributed by atoms with Gasteiger partial charge in [0.05, 0.1) is 22.7 Å². The number of hydrogen-bond donors (Lipinski definition) is 4. The molecule has 0 aromatic heterocycles. The molecular formula is C20H24F2N8O4S2. The number of nitrogens with zero attached hydrogens (tertiary/aromatic N) is 4. The van der Waals surface area contributed by atoms with Crippen LogP contribution in [0.25, 0.3) is 0 Å². The van der Waals surface area contributed by atoms with Gasteiger partial charge in [0.1, 0.15) is 17.2 Å². The van der Waals surface area contributed by atoms with Crippen LogP contribution in [0.2, 0.25) is 0 Å². The molecule has 4 rings (SSSR count). The summed E-state index contributed by atoms with van der Waals surface area (Å²) in [6.07, 6.45) is -1.85. The SMILES string of the molecule is N#CC1(NS(=O)(=O)c2cc(N=C(N)SC(=N)C(F)F)c(C=N)c(N3CCN4C(=O)OC[C@H]4C3)c2)CC1.[HH]. The second-order valence-electron chi connectivity index (χ2n) is 8.41. The number of amides is 1. The Hall–Kier alpha value is -3.29. The predicted octanol–water partition coefficient (Wildman–Crippen LogP) is 1.83. The van der Waals surface area contributed by atoms with E-state index in [1.807, 2.05) is 6.07 Å². The molecule has 1 aromatic carbocycles. The summed E-state index contributed by atoms with van der Waals surface area (Å²) in [5.74, 6) is 0. The number of aliphatic imine (C=N–C) groups is 1. The molecule has 0 spiro atoms. The number of carbonyl (C=O) groups excluding carboxylic acids is 1. The van der Waals surface area contributed by atoms with Crippen LogP contribution in [0, 0.1) is 22.1 Å². The monoisotopic (exact) mass is 542 g/mol. The number of fused-ring (bicyclic) bond motifs is 1. The second kappa shape index (κ2) is 9.64. The topological polar surface area (TPSA) is 189 Å². The number of benzene rings is 1. The number of nitriles is 1. The van der Waals surface area contributed by atoms with Gasteiger partial charge >= 0.3 is 6.09 Å². The van der Waals surface area contributed by atoms with Crippen LogP contribution < -0.4 is 15.4 Å². The number of rotatable bonds is 7. The molecule has 0 unspecified atom stereocenters. The smallest absolute Gasteiger partial charge is 0.410 e. The Kier molecular flexibility index (Phi) is 6.90. The minimum atomic E-state index is -4.22. The number of nitrogens with two attached hydrogens (primary N) is 1. The van der Waals surface area contributed by atoms with Gasteiger partial charge in [-0.25, -0.2) is 27.0 Å². The van der Waals surface area contributed by atoms with Crippen LogP contribution >= 0.6 is 11.8 Å². The van der Waals surface area contributed by atoms with E-state index in [9.17, 15) is 27.3 Å². The number of carbonyl (C=O) groups is 1. The first-order valence-electron chi connectivity index (χ1n) is 10.7. The Morgan fingerprint density at radius 3 is 2.78 bits per heavy atom. The lowest BCUT2D eigenvalue weighted by molar-refractivity contribution is 0.157. The number of halogens is 2. The fourth-order valence-electron chi connectivity index (χ4n) is 3.94. The first-order valence-corrected chi connectivity index (χ1v) is 13.0. The van der Waals surface area contributed by atoms with Crippen LogP contribution in [0.5, 0.6) is 0 Å². The molecule has 12 nitrogen and oxygen atoms in total. The number of anilines is 1. The second-order valence-corrected chi connectivity index (χ2v) is 11.2. The van der Waals surface area contributed by atoms with Gasteiger partial charge in [0.15, 0.2) is 5.17 Å². The van der Waals surface area contributed by atoms with E-state index < -0.39 is 38.3 Å². The van der Waals surface area contributed by atoms with Crippen LogP contribution in [0.3, 0.4) is 0 Å². The Morgan fingerprint density at radius 2 is 2.17 bits per heavy atom. The van der Waals surface area contributed by atoms with Crippen molar-refractivity contribution in [2.24, 2.45) is 10.7 Å². The molecule has 0 radical (unpaired) electrons. The van der Waals surface area contributed by atoms with Crippen LogP contribution in [0.1, 0.15) is 19.8 Å². The lowest BCUT2D eigenvalue weighted by Gasteiger charge is -2.37. The molecule has 3 aliphatic rings. The average molecular weight is 543 g/mol. The molecular weight excluding hydrogens is 518 g/mol.